The Morgan fingerprint density at radius 1 is 1.00 bits per heavy atom. The van der Waals surface area contributed by atoms with Crippen molar-refractivity contribution in [3.63, 3.8) is 0 Å². The molecule has 0 amide bonds. The van der Waals surface area contributed by atoms with Crippen molar-refractivity contribution >= 4 is 17.8 Å². The largest absolute Gasteiger partial charge is 0.422 e. The number of rotatable bonds is 3. The normalized spacial score (nSPS) is 15.1. The van der Waals surface area contributed by atoms with Gasteiger partial charge in [0.1, 0.15) is 11.6 Å². The lowest BCUT2D eigenvalue weighted by Crippen LogP contribution is -2.01. The van der Waals surface area contributed by atoms with E-state index in [1.165, 1.54) is 11.6 Å². The zero-order valence-electron chi connectivity index (χ0n) is 15.1. The molecule has 0 N–H and O–H groups in total. The number of aromatic nitrogens is 1. The van der Waals surface area contributed by atoms with Gasteiger partial charge in [-0.25, -0.2) is 9.18 Å². The zero-order chi connectivity index (χ0) is 19.0. The molecule has 2 heterocycles. The second-order valence-corrected chi connectivity index (χ2v) is 6.55. The summed E-state index contributed by atoms with van der Waals surface area (Å²) in [6.45, 7) is 4.06. The van der Waals surface area contributed by atoms with Crippen LogP contribution < -0.4 is 0 Å². The fourth-order valence-electron chi connectivity index (χ4n) is 3.06. The molecule has 0 radical (unpaired) electrons. The number of benzene rings is 2. The van der Waals surface area contributed by atoms with Crippen molar-refractivity contribution in [3.8, 4) is 5.69 Å². The first-order valence-electron chi connectivity index (χ1n) is 8.68. The van der Waals surface area contributed by atoms with E-state index in [0.29, 0.717) is 22.7 Å². The maximum atomic E-state index is 14.1. The van der Waals surface area contributed by atoms with Crippen LogP contribution >= 0.6 is 0 Å². The molecule has 0 spiro atoms. The van der Waals surface area contributed by atoms with Crippen molar-refractivity contribution in [3.05, 3.63) is 101 Å². The number of ether oxygens (including phenoxy) is 1. The number of halogens is 1. The predicted octanol–water partition coefficient (Wildman–Crippen LogP) is 5.21. The van der Waals surface area contributed by atoms with Gasteiger partial charge in [0, 0.05) is 17.5 Å². The van der Waals surface area contributed by atoms with Crippen molar-refractivity contribution in [1.29, 1.82) is 0 Å². The topological polar surface area (TPSA) is 31.2 Å². The Labute approximate surface area is 157 Å². The van der Waals surface area contributed by atoms with E-state index in [0.717, 1.165) is 11.1 Å². The summed E-state index contributed by atoms with van der Waals surface area (Å²) in [5.41, 5.74) is 4.74. The van der Waals surface area contributed by atoms with Gasteiger partial charge in [-0.3, -0.25) is 0 Å². The van der Waals surface area contributed by atoms with Crippen LogP contribution in [0, 0.1) is 19.7 Å². The van der Waals surface area contributed by atoms with Crippen molar-refractivity contribution in [2.24, 2.45) is 0 Å². The SMILES string of the molecule is Cc1ccc(C2=C/C(=C/c3cccn3-c3ccccc3F)C(=O)O2)cc1C. The maximum absolute atomic E-state index is 14.1. The van der Waals surface area contributed by atoms with Gasteiger partial charge >= 0.3 is 5.97 Å². The van der Waals surface area contributed by atoms with Gasteiger partial charge in [-0.05, 0) is 67.5 Å². The van der Waals surface area contributed by atoms with Crippen molar-refractivity contribution in [2.75, 3.05) is 0 Å². The van der Waals surface area contributed by atoms with Gasteiger partial charge in [-0.1, -0.05) is 24.3 Å². The molecule has 1 aliphatic heterocycles. The Hall–Kier alpha value is -3.40. The van der Waals surface area contributed by atoms with Crippen molar-refractivity contribution in [1.82, 2.24) is 4.57 Å². The van der Waals surface area contributed by atoms with Gasteiger partial charge in [0.25, 0.3) is 0 Å². The van der Waals surface area contributed by atoms with E-state index in [1.54, 1.807) is 41.1 Å². The Morgan fingerprint density at radius 2 is 1.81 bits per heavy atom. The molecule has 0 bridgehead atoms. The van der Waals surface area contributed by atoms with Gasteiger partial charge in [-0.2, -0.15) is 0 Å². The Morgan fingerprint density at radius 3 is 2.59 bits per heavy atom. The lowest BCUT2D eigenvalue weighted by molar-refractivity contribution is -0.130. The van der Waals surface area contributed by atoms with E-state index in [1.807, 2.05) is 44.2 Å². The maximum Gasteiger partial charge on any atom is 0.343 e. The molecule has 2 aromatic carbocycles. The first-order chi connectivity index (χ1) is 13.0. The van der Waals surface area contributed by atoms with Crippen LogP contribution in [0.25, 0.3) is 17.5 Å². The number of carbonyl (C=O) groups is 1. The van der Waals surface area contributed by atoms with Crippen LogP contribution in [0.15, 0.2) is 72.4 Å². The number of esters is 1. The van der Waals surface area contributed by atoms with E-state index in [4.69, 9.17) is 4.74 Å². The van der Waals surface area contributed by atoms with Gasteiger partial charge in [0.05, 0.1) is 11.3 Å². The minimum absolute atomic E-state index is 0.325. The van der Waals surface area contributed by atoms with Gasteiger partial charge in [0.15, 0.2) is 0 Å². The molecule has 1 aromatic heterocycles. The van der Waals surface area contributed by atoms with E-state index in [-0.39, 0.29) is 5.82 Å². The summed E-state index contributed by atoms with van der Waals surface area (Å²) in [7, 11) is 0. The highest BCUT2D eigenvalue weighted by molar-refractivity contribution is 6.05. The summed E-state index contributed by atoms with van der Waals surface area (Å²) >= 11 is 0. The second-order valence-electron chi connectivity index (χ2n) is 6.55. The highest BCUT2D eigenvalue weighted by Gasteiger charge is 2.22. The van der Waals surface area contributed by atoms with Crippen molar-refractivity contribution < 1.29 is 13.9 Å². The Balaban J connectivity index is 1.72. The smallest absolute Gasteiger partial charge is 0.343 e. The Bertz CT molecular complexity index is 1110. The Kier molecular flexibility index (Phi) is 4.24. The number of aryl methyl sites for hydroxylation is 2. The second kappa shape index (κ2) is 6.72. The third-order valence-corrected chi connectivity index (χ3v) is 4.71. The number of para-hydroxylation sites is 1. The third-order valence-electron chi connectivity index (χ3n) is 4.71. The van der Waals surface area contributed by atoms with Crippen LogP contribution in [0.5, 0.6) is 0 Å². The monoisotopic (exact) mass is 359 g/mol. The number of hydrogen-bond donors (Lipinski definition) is 0. The summed E-state index contributed by atoms with van der Waals surface area (Å²) in [6.07, 6.45) is 5.20. The van der Waals surface area contributed by atoms with Gasteiger partial charge in [0.2, 0.25) is 0 Å². The molecule has 0 saturated carbocycles. The molecule has 27 heavy (non-hydrogen) atoms. The molecule has 3 nitrogen and oxygen atoms in total. The first kappa shape index (κ1) is 17.0. The van der Waals surface area contributed by atoms with Crippen LogP contribution in [0.1, 0.15) is 22.4 Å². The van der Waals surface area contributed by atoms with Crippen LogP contribution in [0.2, 0.25) is 0 Å². The average molecular weight is 359 g/mol. The standard InChI is InChI=1S/C23H18FNO2/c1-15-9-10-17(12-16(15)2)22-14-18(23(26)27-22)13-19-6-5-11-25(19)21-8-4-3-7-20(21)24/h3-14H,1-2H3/b18-13-. The minimum atomic E-state index is -0.412. The molecule has 0 unspecified atom stereocenters. The van der Waals surface area contributed by atoms with Crippen LogP contribution in [0.4, 0.5) is 4.39 Å². The quantitative estimate of drug-likeness (QED) is 0.474. The molecule has 0 atom stereocenters. The fourth-order valence-corrected chi connectivity index (χ4v) is 3.06. The number of cyclic esters (lactones) is 1. The lowest BCUT2D eigenvalue weighted by Gasteiger charge is -2.07. The molecule has 3 aromatic rings. The molecule has 0 fully saturated rings. The molecule has 4 rings (SSSR count). The average Bonchev–Trinajstić information content (AvgIpc) is 3.25. The summed E-state index contributed by atoms with van der Waals surface area (Å²) in [4.78, 5) is 12.3. The van der Waals surface area contributed by atoms with E-state index in [9.17, 15) is 9.18 Å². The number of hydrogen-bond acceptors (Lipinski definition) is 2. The molecule has 0 aliphatic carbocycles. The first-order valence-corrected chi connectivity index (χ1v) is 8.68. The predicted molar refractivity (Wildman–Crippen MR) is 104 cm³/mol. The summed E-state index contributed by atoms with van der Waals surface area (Å²) < 4.78 is 21.3. The molecule has 0 saturated heterocycles. The van der Waals surface area contributed by atoms with E-state index >= 15 is 0 Å². The molecule has 1 aliphatic rings. The highest BCUT2D eigenvalue weighted by atomic mass is 19.1. The molecular formula is C23H18FNO2. The summed E-state index contributed by atoms with van der Waals surface area (Å²) in [5.74, 6) is -0.212. The number of nitrogens with zero attached hydrogens (tertiary/aromatic N) is 1. The van der Waals surface area contributed by atoms with Gasteiger partial charge < -0.3 is 9.30 Å². The van der Waals surface area contributed by atoms with Crippen LogP contribution in [-0.4, -0.2) is 10.5 Å². The lowest BCUT2D eigenvalue weighted by atomic mass is 10.0. The molecular weight excluding hydrogens is 341 g/mol. The minimum Gasteiger partial charge on any atom is -0.422 e. The number of carbonyl (C=O) groups excluding carboxylic acids is 1. The van der Waals surface area contributed by atoms with Crippen LogP contribution in [-0.2, 0) is 9.53 Å². The fraction of sp³-hybridized carbons (Fsp3) is 0.0870. The van der Waals surface area contributed by atoms with E-state index in [2.05, 4.69) is 0 Å². The summed E-state index contributed by atoms with van der Waals surface area (Å²) in [5, 5.41) is 0. The highest BCUT2D eigenvalue weighted by Crippen LogP contribution is 2.29. The van der Waals surface area contributed by atoms with Crippen LogP contribution in [0.3, 0.4) is 0 Å². The van der Waals surface area contributed by atoms with Gasteiger partial charge in [-0.15, -0.1) is 0 Å². The zero-order valence-corrected chi connectivity index (χ0v) is 15.1. The van der Waals surface area contributed by atoms with Crippen molar-refractivity contribution in [2.45, 2.75) is 13.8 Å². The summed E-state index contributed by atoms with van der Waals surface area (Å²) in [6, 6.07) is 16.1. The molecule has 134 valence electrons. The third kappa shape index (κ3) is 3.22. The van der Waals surface area contributed by atoms with E-state index < -0.39 is 5.97 Å². The molecule has 4 heteroatoms.